The Labute approximate surface area is 173 Å². The molecule has 0 aromatic heterocycles. The molecule has 8 heteroatoms. The van der Waals surface area contributed by atoms with Crippen molar-refractivity contribution in [2.45, 2.75) is 58.8 Å². The Kier molecular flexibility index (Phi) is 7.73. The number of amidine groups is 1. The lowest BCUT2D eigenvalue weighted by atomic mass is 10.0. The van der Waals surface area contributed by atoms with Crippen LogP contribution in [-0.2, 0) is 4.79 Å². The lowest BCUT2D eigenvalue weighted by Gasteiger charge is -2.18. The number of thioether (sulfide) groups is 1. The van der Waals surface area contributed by atoms with Gasteiger partial charge in [-0.15, -0.1) is 0 Å². The molecule has 6 nitrogen and oxygen atoms in total. The van der Waals surface area contributed by atoms with Crippen molar-refractivity contribution < 1.29 is 9.59 Å². The first-order valence-corrected chi connectivity index (χ1v) is 10.8. The second-order valence-corrected chi connectivity index (χ2v) is 8.68. The van der Waals surface area contributed by atoms with E-state index in [2.05, 4.69) is 43.8 Å². The third-order valence-electron chi connectivity index (χ3n) is 4.42. The molecule has 1 heterocycles. The average Bonchev–Trinajstić information content (AvgIpc) is 2.97. The Morgan fingerprint density at radius 2 is 1.93 bits per heavy atom. The van der Waals surface area contributed by atoms with Gasteiger partial charge in [-0.3, -0.25) is 15.1 Å². The third-order valence-corrected chi connectivity index (χ3v) is 6.93. The molecule has 2 unspecified atom stereocenters. The Morgan fingerprint density at radius 3 is 2.59 bits per heavy atom. The molecule has 148 valence electrons. The molecule has 3 N–H and O–H groups in total. The van der Waals surface area contributed by atoms with Crippen molar-refractivity contribution in [2.75, 3.05) is 11.9 Å². The van der Waals surface area contributed by atoms with Crippen LogP contribution in [-0.4, -0.2) is 34.9 Å². The lowest BCUT2D eigenvalue weighted by molar-refractivity contribution is -0.115. The van der Waals surface area contributed by atoms with E-state index in [1.54, 1.807) is 0 Å². The van der Waals surface area contributed by atoms with Gasteiger partial charge in [0.15, 0.2) is 5.17 Å². The average molecular weight is 455 g/mol. The molecule has 0 bridgehead atoms. The summed E-state index contributed by atoms with van der Waals surface area (Å²) in [6, 6.07) is 1.55. The van der Waals surface area contributed by atoms with Crippen molar-refractivity contribution in [3.63, 3.8) is 0 Å². The predicted molar refractivity (Wildman–Crippen MR) is 117 cm³/mol. The van der Waals surface area contributed by atoms with Gasteiger partial charge in [-0.1, -0.05) is 47.1 Å². The van der Waals surface area contributed by atoms with E-state index in [9.17, 15) is 9.59 Å². The summed E-state index contributed by atoms with van der Waals surface area (Å²) < 4.78 is 0.998. The van der Waals surface area contributed by atoms with Crippen molar-refractivity contribution in [1.82, 2.24) is 10.6 Å². The minimum absolute atomic E-state index is 0.110. The standard InChI is InChI=1S/C19H27BrN4O2S/c1-6-7-8-21-18(26)24-19-22-13(5)16(27-19)17(25)23-15-11(3)9-10(2)14(20)12(15)4/h9,13,16H,6-8H2,1-5H3,(H,23,25)(H2,21,22,24,26). The van der Waals surface area contributed by atoms with Crippen LogP contribution in [0.4, 0.5) is 10.5 Å². The molecule has 0 fully saturated rings. The number of carbonyl (C=O) groups is 2. The lowest BCUT2D eigenvalue weighted by Crippen LogP contribution is -2.38. The van der Waals surface area contributed by atoms with E-state index in [4.69, 9.17) is 0 Å². The van der Waals surface area contributed by atoms with Gasteiger partial charge in [-0.2, -0.15) is 0 Å². The molecule has 1 aliphatic rings. The largest absolute Gasteiger partial charge is 0.338 e. The smallest absolute Gasteiger partial charge is 0.320 e. The normalized spacial score (nSPS) is 18.8. The minimum Gasteiger partial charge on any atom is -0.338 e. The van der Waals surface area contributed by atoms with E-state index in [-0.39, 0.29) is 23.2 Å². The number of anilines is 1. The number of urea groups is 1. The number of hydrogen-bond donors (Lipinski definition) is 3. The van der Waals surface area contributed by atoms with E-state index < -0.39 is 0 Å². The minimum atomic E-state index is -0.380. The van der Waals surface area contributed by atoms with Crippen LogP contribution in [0.15, 0.2) is 15.5 Å². The summed E-state index contributed by atoms with van der Waals surface area (Å²) >= 11 is 4.87. The predicted octanol–water partition coefficient (Wildman–Crippen LogP) is 4.27. The summed E-state index contributed by atoms with van der Waals surface area (Å²) in [5.41, 5.74) is 3.98. The number of halogens is 1. The van der Waals surface area contributed by atoms with Gasteiger partial charge in [-0.25, -0.2) is 4.79 Å². The fourth-order valence-electron chi connectivity index (χ4n) is 2.90. The highest BCUT2D eigenvalue weighted by Gasteiger charge is 2.34. The van der Waals surface area contributed by atoms with Crippen LogP contribution in [0.2, 0.25) is 0 Å². The first-order valence-electron chi connectivity index (χ1n) is 9.11. The van der Waals surface area contributed by atoms with Gasteiger partial charge in [0.25, 0.3) is 0 Å². The molecule has 1 aliphatic heterocycles. The van der Waals surface area contributed by atoms with Crippen molar-refractivity contribution in [2.24, 2.45) is 4.99 Å². The topological polar surface area (TPSA) is 82.6 Å². The maximum atomic E-state index is 12.8. The van der Waals surface area contributed by atoms with Crippen molar-refractivity contribution in [3.05, 3.63) is 27.2 Å². The molecule has 0 aliphatic carbocycles. The monoisotopic (exact) mass is 454 g/mol. The zero-order valence-corrected chi connectivity index (χ0v) is 18.8. The Bertz CT molecular complexity index is 767. The summed E-state index contributed by atoms with van der Waals surface area (Å²) in [5, 5.41) is 8.66. The highest BCUT2D eigenvalue weighted by atomic mass is 79.9. The number of nitrogens with zero attached hydrogens (tertiary/aromatic N) is 1. The summed E-state index contributed by atoms with van der Waals surface area (Å²) in [5.74, 6) is -0.110. The molecular formula is C19H27BrN4O2S. The van der Waals surface area contributed by atoms with E-state index in [0.29, 0.717) is 11.7 Å². The fraction of sp³-hybridized carbons (Fsp3) is 0.526. The van der Waals surface area contributed by atoms with Crippen molar-refractivity contribution in [1.29, 1.82) is 0 Å². The first kappa shape index (κ1) is 21.8. The number of rotatable bonds is 5. The summed E-state index contributed by atoms with van der Waals surface area (Å²) in [4.78, 5) is 29.1. The van der Waals surface area contributed by atoms with E-state index in [0.717, 1.165) is 39.7 Å². The maximum absolute atomic E-state index is 12.8. The molecule has 1 aromatic rings. The van der Waals surface area contributed by atoms with Gasteiger partial charge >= 0.3 is 6.03 Å². The number of aliphatic imine (C=N–C) groups is 1. The Hall–Kier alpha value is -1.54. The van der Waals surface area contributed by atoms with Gasteiger partial charge in [0, 0.05) is 16.7 Å². The van der Waals surface area contributed by atoms with Gasteiger partial charge in [0.1, 0.15) is 5.25 Å². The number of aryl methyl sites for hydroxylation is 2. The van der Waals surface area contributed by atoms with Gasteiger partial charge in [0.05, 0.1) is 6.04 Å². The van der Waals surface area contributed by atoms with Crippen LogP contribution in [0.25, 0.3) is 0 Å². The summed E-state index contributed by atoms with van der Waals surface area (Å²) in [6.45, 7) is 10.6. The fourth-order valence-corrected chi connectivity index (χ4v) is 4.26. The zero-order chi connectivity index (χ0) is 20.1. The molecular weight excluding hydrogens is 428 g/mol. The number of unbranched alkanes of at least 4 members (excludes halogenated alkanes) is 1. The highest BCUT2D eigenvalue weighted by Crippen LogP contribution is 2.32. The van der Waals surface area contributed by atoms with Crippen LogP contribution < -0.4 is 16.0 Å². The van der Waals surface area contributed by atoms with Gasteiger partial charge in [0.2, 0.25) is 5.91 Å². The molecule has 3 amide bonds. The molecule has 0 saturated carbocycles. The molecule has 1 aromatic carbocycles. The summed E-state index contributed by atoms with van der Waals surface area (Å²) in [6.07, 6.45) is 1.95. The number of benzene rings is 1. The molecule has 0 radical (unpaired) electrons. The van der Waals surface area contributed by atoms with Crippen LogP contribution in [0.3, 0.4) is 0 Å². The van der Waals surface area contributed by atoms with Crippen LogP contribution in [0.1, 0.15) is 43.4 Å². The Morgan fingerprint density at radius 1 is 1.22 bits per heavy atom. The Balaban J connectivity index is 1.99. The zero-order valence-electron chi connectivity index (χ0n) is 16.4. The van der Waals surface area contributed by atoms with Crippen molar-refractivity contribution >= 4 is 50.5 Å². The summed E-state index contributed by atoms with van der Waals surface area (Å²) in [7, 11) is 0. The van der Waals surface area contributed by atoms with Gasteiger partial charge < -0.3 is 10.6 Å². The number of amides is 3. The number of carbonyl (C=O) groups excluding carboxylic acids is 2. The molecule has 0 spiro atoms. The van der Waals surface area contributed by atoms with E-state index in [1.165, 1.54) is 11.8 Å². The van der Waals surface area contributed by atoms with Gasteiger partial charge in [-0.05, 0) is 50.8 Å². The third kappa shape index (κ3) is 5.48. The SMILES string of the molecule is CCCCNC(=O)NC1=NC(C)C(C(=O)Nc2c(C)cc(C)c(Br)c2C)S1. The second kappa shape index (κ2) is 9.59. The van der Waals surface area contributed by atoms with Crippen LogP contribution >= 0.6 is 27.7 Å². The van der Waals surface area contributed by atoms with Crippen LogP contribution in [0, 0.1) is 20.8 Å². The van der Waals surface area contributed by atoms with Crippen LogP contribution in [0.5, 0.6) is 0 Å². The van der Waals surface area contributed by atoms with Crippen molar-refractivity contribution in [3.8, 4) is 0 Å². The highest BCUT2D eigenvalue weighted by molar-refractivity contribution is 9.10. The first-order chi connectivity index (χ1) is 12.7. The quantitative estimate of drug-likeness (QED) is 0.580. The van der Waals surface area contributed by atoms with E-state index in [1.807, 2.05) is 33.8 Å². The number of hydrogen-bond acceptors (Lipinski definition) is 4. The second-order valence-electron chi connectivity index (χ2n) is 6.76. The molecule has 27 heavy (non-hydrogen) atoms. The molecule has 2 rings (SSSR count). The van der Waals surface area contributed by atoms with E-state index >= 15 is 0 Å². The number of nitrogens with one attached hydrogen (secondary N) is 3. The molecule has 0 saturated heterocycles. The maximum Gasteiger partial charge on any atom is 0.320 e. The molecule has 2 atom stereocenters.